The van der Waals surface area contributed by atoms with Gasteiger partial charge in [-0.1, -0.05) is 6.07 Å². The van der Waals surface area contributed by atoms with Crippen LogP contribution in [0.25, 0.3) is 6.08 Å². The summed E-state index contributed by atoms with van der Waals surface area (Å²) in [5.74, 6) is -0.825. The Kier molecular flexibility index (Phi) is 3.65. The molecule has 118 valence electrons. The van der Waals surface area contributed by atoms with Crippen LogP contribution in [-0.4, -0.2) is 29.1 Å². The van der Waals surface area contributed by atoms with Crippen LogP contribution in [0, 0.1) is 0 Å². The quantitative estimate of drug-likeness (QED) is 0.845. The fourth-order valence-corrected chi connectivity index (χ4v) is 2.65. The highest BCUT2D eigenvalue weighted by Crippen LogP contribution is 2.32. The molecule has 0 fully saturated rings. The number of aryl methyl sites for hydroxylation is 1. The highest BCUT2D eigenvalue weighted by molar-refractivity contribution is 6.17. The second-order valence-electron chi connectivity index (χ2n) is 5.18. The van der Waals surface area contributed by atoms with Gasteiger partial charge in [0.15, 0.2) is 17.3 Å². The summed E-state index contributed by atoms with van der Waals surface area (Å²) in [5.41, 5.74) is 1.11. The van der Waals surface area contributed by atoms with Crippen molar-refractivity contribution >= 4 is 17.8 Å². The summed E-state index contributed by atoms with van der Waals surface area (Å²) >= 11 is 0. The van der Waals surface area contributed by atoms with Gasteiger partial charge in [-0.25, -0.2) is 4.79 Å². The van der Waals surface area contributed by atoms with Gasteiger partial charge in [0.2, 0.25) is 0 Å². The largest absolute Gasteiger partial charge is 0.504 e. The Morgan fingerprint density at radius 2 is 2.13 bits per heavy atom. The molecule has 3 rings (SSSR count). The maximum Gasteiger partial charge on any atom is 0.339 e. The fraction of sp³-hybridized carbons (Fsp3) is 0.176. The first-order valence-corrected chi connectivity index (χ1v) is 6.97. The van der Waals surface area contributed by atoms with Crippen LogP contribution in [0.1, 0.15) is 38.5 Å². The van der Waals surface area contributed by atoms with Crippen molar-refractivity contribution in [2.24, 2.45) is 0 Å². The van der Waals surface area contributed by atoms with Gasteiger partial charge in [-0.05, 0) is 30.2 Å². The number of furan rings is 1. The van der Waals surface area contributed by atoms with E-state index in [2.05, 4.69) is 0 Å². The van der Waals surface area contributed by atoms with Crippen molar-refractivity contribution in [1.82, 2.24) is 0 Å². The number of methoxy groups -OCH3 is 1. The molecule has 2 N–H and O–H groups in total. The van der Waals surface area contributed by atoms with E-state index in [-0.39, 0.29) is 22.7 Å². The predicted molar refractivity (Wildman–Crippen MR) is 81.0 cm³/mol. The molecule has 0 atom stereocenters. The van der Waals surface area contributed by atoms with E-state index >= 15 is 0 Å². The third kappa shape index (κ3) is 2.59. The number of ketones is 1. The van der Waals surface area contributed by atoms with Gasteiger partial charge in [0.05, 0.1) is 12.7 Å². The monoisotopic (exact) mass is 314 g/mol. The number of hydrogen-bond donors (Lipinski definition) is 2. The second-order valence-corrected chi connectivity index (χ2v) is 5.18. The predicted octanol–water partition coefficient (Wildman–Crippen LogP) is 2.90. The van der Waals surface area contributed by atoms with E-state index < -0.39 is 5.97 Å². The maximum absolute atomic E-state index is 12.5. The van der Waals surface area contributed by atoms with E-state index in [1.807, 2.05) is 0 Å². The van der Waals surface area contributed by atoms with Gasteiger partial charge in [0, 0.05) is 12.0 Å². The van der Waals surface area contributed by atoms with Crippen molar-refractivity contribution < 1.29 is 29.0 Å². The molecule has 1 aromatic heterocycles. The zero-order chi connectivity index (χ0) is 16.6. The SMILES string of the molecule is COc1ccc(/C=C2\CCc3occ(C(=O)O)c3C2=O)cc1O. The van der Waals surface area contributed by atoms with Gasteiger partial charge in [-0.2, -0.15) is 0 Å². The summed E-state index contributed by atoms with van der Waals surface area (Å²) in [6.07, 6.45) is 3.66. The normalized spacial score (nSPS) is 15.5. The number of phenolic OH excluding ortho intramolecular Hbond substituents is 1. The first kappa shape index (κ1) is 14.9. The first-order chi connectivity index (χ1) is 11.0. The van der Waals surface area contributed by atoms with Crippen molar-refractivity contribution in [2.45, 2.75) is 12.8 Å². The number of ether oxygens (including phenoxy) is 1. The lowest BCUT2D eigenvalue weighted by Crippen LogP contribution is -2.15. The number of aromatic hydroxyl groups is 1. The molecule has 6 nitrogen and oxygen atoms in total. The molecule has 0 amide bonds. The van der Waals surface area contributed by atoms with Crippen molar-refractivity contribution in [3.63, 3.8) is 0 Å². The second kappa shape index (κ2) is 5.64. The van der Waals surface area contributed by atoms with Gasteiger partial charge in [0.1, 0.15) is 17.6 Å². The molecule has 0 unspecified atom stereocenters. The van der Waals surface area contributed by atoms with Crippen LogP contribution in [0.3, 0.4) is 0 Å². The summed E-state index contributed by atoms with van der Waals surface area (Å²) < 4.78 is 10.2. The average Bonchev–Trinajstić information content (AvgIpc) is 2.95. The topological polar surface area (TPSA) is 97.0 Å². The zero-order valence-electron chi connectivity index (χ0n) is 12.3. The maximum atomic E-state index is 12.5. The number of benzene rings is 1. The molecule has 0 spiro atoms. The Morgan fingerprint density at radius 1 is 1.35 bits per heavy atom. The smallest absolute Gasteiger partial charge is 0.339 e. The number of aromatic carboxylic acids is 1. The molecule has 1 aliphatic carbocycles. The lowest BCUT2D eigenvalue weighted by molar-refractivity contribution is 0.0692. The number of rotatable bonds is 3. The van der Waals surface area contributed by atoms with Crippen LogP contribution in [0.5, 0.6) is 11.5 Å². The van der Waals surface area contributed by atoms with E-state index in [4.69, 9.17) is 14.3 Å². The summed E-state index contributed by atoms with van der Waals surface area (Å²) in [7, 11) is 1.45. The number of Topliss-reactive ketones (excluding diaryl/α,β-unsaturated/α-hetero) is 1. The molecule has 1 aromatic carbocycles. The summed E-state index contributed by atoms with van der Waals surface area (Å²) in [5, 5.41) is 18.9. The molecule has 0 aliphatic heterocycles. The molecular formula is C17H14O6. The molecule has 6 heteroatoms. The first-order valence-electron chi connectivity index (χ1n) is 6.97. The van der Waals surface area contributed by atoms with Crippen molar-refractivity contribution in [3.05, 3.63) is 52.5 Å². The van der Waals surface area contributed by atoms with Crippen molar-refractivity contribution in [2.75, 3.05) is 7.11 Å². The van der Waals surface area contributed by atoms with Gasteiger partial charge in [-0.3, -0.25) is 4.79 Å². The summed E-state index contributed by atoms with van der Waals surface area (Å²) in [4.78, 5) is 23.7. The van der Waals surface area contributed by atoms with E-state index in [1.165, 1.54) is 13.2 Å². The summed E-state index contributed by atoms with van der Waals surface area (Å²) in [6.45, 7) is 0. The third-order valence-corrected chi connectivity index (χ3v) is 3.78. The highest BCUT2D eigenvalue weighted by atomic mass is 16.5. The minimum absolute atomic E-state index is 0.0275. The van der Waals surface area contributed by atoms with E-state index in [9.17, 15) is 14.7 Å². The van der Waals surface area contributed by atoms with Gasteiger partial charge >= 0.3 is 5.97 Å². The standard InChI is InChI=1S/C17H14O6/c1-22-13-4-2-9(7-12(13)18)6-10-3-5-14-15(16(10)19)11(8-23-14)17(20)21/h2,4,6-8,18H,3,5H2,1H3,(H,20,21)/b10-6+. The molecular weight excluding hydrogens is 300 g/mol. The summed E-state index contributed by atoms with van der Waals surface area (Å²) in [6, 6.07) is 4.80. The van der Waals surface area contributed by atoms with Gasteiger partial charge in [-0.15, -0.1) is 0 Å². The minimum atomic E-state index is -1.19. The van der Waals surface area contributed by atoms with E-state index in [0.717, 1.165) is 6.26 Å². The lowest BCUT2D eigenvalue weighted by atomic mass is 9.88. The zero-order valence-corrected chi connectivity index (χ0v) is 12.3. The minimum Gasteiger partial charge on any atom is -0.504 e. The van der Waals surface area contributed by atoms with Crippen LogP contribution < -0.4 is 4.74 Å². The average molecular weight is 314 g/mol. The molecule has 1 heterocycles. The molecule has 23 heavy (non-hydrogen) atoms. The van der Waals surface area contributed by atoms with E-state index in [0.29, 0.717) is 35.5 Å². The molecule has 1 aliphatic rings. The lowest BCUT2D eigenvalue weighted by Gasteiger charge is -2.13. The van der Waals surface area contributed by atoms with Crippen LogP contribution >= 0.6 is 0 Å². The Morgan fingerprint density at radius 3 is 2.78 bits per heavy atom. The Balaban J connectivity index is 1.98. The molecule has 2 aromatic rings. The van der Waals surface area contributed by atoms with Crippen LogP contribution in [0.15, 0.2) is 34.5 Å². The number of phenols is 1. The van der Waals surface area contributed by atoms with Crippen molar-refractivity contribution in [1.29, 1.82) is 0 Å². The third-order valence-electron chi connectivity index (χ3n) is 3.78. The number of carboxylic acids is 1. The Labute approximate surface area is 131 Å². The number of carbonyl (C=O) groups is 2. The van der Waals surface area contributed by atoms with Crippen LogP contribution in [0.4, 0.5) is 0 Å². The number of hydrogen-bond acceptors (Lipinski definition) is 5. The number of carboxylic acid groups (broad SMARTS) is 1. The fourth-order valence-electron chi connectivity index (χ4n) is 2.65. The highest BCUT2D eigenvalue weighted by Gasteiger charge is 2.30. The number of allylic oxidation sites excluding steroid dienone is 1. The van der Waals surface area contributed by atoms with E-state index in [1.54, 1.807) is 18.2 Å². The molecule has 0 radical (unpaired) electrons. The Bertz CT molecular complexity index is 828. The number of carbonyl (C=O) groups excluding carboxylic acids is 1. The number of fused-ring (bicyclic) bond motifs is 1. The van der Waals surface area contributed by atoms with Gasteiger partial charge < -0.3 is 19.4 Å². The molecule has 0 bridgehead atoms. The van der Waals surface area contributed by atoms with Crippen LogP contribution in [-0.2, 0) is 6.42 Å². The molecule has 0 saturated heterocycles. The van der Waals surface area contributed by atoms with Gasteiger partial charge in [0.25, 0.3) is 0 Å². The molecule has 0 saturated carbocycles. The van der Waals surface area contributed by atoms with Crippen LogP contribution in [0.2, 0.25) is 0 Å². The Hall–Kier alpha value is -3.02. The van der Waals surface area contributed by atoms with Crippen molar-refractivity contribution in [3.8, 4) is 11.5 Å².